The van der Waals surface area contributed by atoms with E-state index in [9.17, 15) is 9.18 Å². The lowest BCUT2D eigenvalue weighted by Crippen LogP contribution is -2.27. The highest BCUT2D eigenvalue weighted by Crippen LogP contribution is 2.25. The second-order valence-electron chi connectivity index (χ2n) is 6.03. The van der Waals surface area contributed by atoms with Crippen LogP contribution >= 0.6 is 0 Å². The van der Waals surface area contributed by atoms with Crippen molar-refractivity contribution in [1.82, 2.24) is 20.3 Å². The van der Waals surface area contributed by atoms with Gasteiger partial charge >= 0.3 is 0 Å². The van der Waals surface area contributed by atoms with Crippen LogP contribution in [0, 0.1) is 19.7 Å². The van der Waals surface area contributed by atoms with Crippen molar-refractivity contribution >= 4 is 16.9 Å². The van der Waals surface area contributed by atoms with E-state index in [0.29, 0.717) is 28.2 Å². The fourth-order valence-electron chi connectivity index (χ4n) is 2.74. The maximum absolute atomic E-state index is 14.0. The lowest BCUT2D eigenvalue weighted by molar-refractivity contribution is 0.0940. The quantitative estimate of drug-likeness (QED) is 0.778. The van der Waals surface area contributed by atoms with Crippen LogP contribution in [0.4, 0.5) is 4.39 Å². The Bertz CT molecular complexity index is 991. The van der Waals surface area contributed by atoms with Crippen molar-refractivity contribution in [2.45, 2.75) is 26.8 Å². The van der Waals surface area contributed by atoms with Gasteiger partial charge in [0.1, 0.15) is 17.1 Å². The van der Waals surface area contributed by atoms with Crippen LogP contribution in [0.2, 0.25) is 0 Å². The summed E-state index contributed by atoms with van der Waals surface area (Å²) in [5, 5.41) is 2.86. The van der Waals surface area contributed by atoms with Gasteiger partial charge in [0.05, 0.1) is 41.8 Å². The van der Waals surface area contributed by atoms with E-state index in [-0.39, 0.29) is 11.6 Å². The molecule has 26 heavy (non-hydrogen) atoms. The Kier molecular flexibility index (Phi) is 4.79. The summed E-state index contributed by atoms with van der Waals surface area (Å²) in [7, 11) is 1.54. The first-order chi connectivity index (χ1) is 12.4. The Morgan fingerprint density at radius 2 is 1.96 bits per heavy atom. The van der Waals surface area contributed by atoms with E-state index >= 15 is 0 Å². The van der Waals surface area contributed by atoms with Gasteiger partial charge in [-0.2, -0.15) is 0 Å². The lowest BCUT2D eigenvalue weighted by Gasteiger charge is -2.17. The van der Waals surface area contributed by atoms with Gasteiger partial charge in [-0.3, -0.25) is 9.78 Å². The molecule has 0 saturated carbocycles. The van der Waals surface area contributed by atoms with E-state index in [2.05, 4.69) is 20.3 Å². The largest absolute Gasteiger partial charge is 0.495 e. The molecule has 0 radical (unpaired) electrons. The van der Waals surface area contributed by atoms with Crippen LogP contribution in [-0.4, -0.2) is 28.0 Å². The van der Waals surface area contributed by atoms with E-state index in [0.717, 1.165) is 5.56 Å². The van der Waals surface area contributed by atoms with Crippen molar-refractivity contribution in [2.75, 3.05) is 7.11 Å². The maximum Gasteiger partial charge on any atom is 0.254 e. The number of nitrogens with one attached hydrogen (secondary N) is 1. The van der Waals surface area contributed by atoms with Gasteiger partial charge in [0, 0.05) is 17.8 Å². The summed E-state index contributed by atoms with van der Waals surface area (Å²) < 4.78 is 19.3. The zero-order valence-corrected chi connectivity index (χ0v) is 15.0. The zero-order chi connectivity index (χ0) is 18.8. The molecule has 2 aromatic heterocycles. The Morgan fingerprint density at radius 1 is 1.23 bits per heavy atom. The van der Waals surface area contributed by atoms with Gasteiger partial charge in [0.25, 0.3) is 5.91 Å². The van der Waals surface area contributed by atoms with Crippen molar-refractivity contribution in [3.63, 3.8) is 0 Å². The molecule has 1 unspecified atom stereocenters. The third-order valence-corrected chi connectivity index (χ3v) is 4.24. The molecule has 1 atom stereocenters. The predicted octanol–water partition coefficient (Wildman–Crippen LogP) is 3.28. The van der Waals surface area contributed by atoms with Crippen molar-refractivity contribution in [3.8, 4) is 5.75 Å². The molecule has 1 aromatic carbocycles. The third-order valence-electron chi connectivity index (χ3n) is 4.24. The normalized spacial score (nSPS) is 12.0. The molecular formula is C19H19FN4O2. The van der Waals surface area contributed by atoms with E-state index in [1.54, 1.807) is 32.3 Å². The zero-order valence-electron chi connectivity index (χ0n) is 15.0. The summed E-state index contributed by atoms with van der Waals surface area (Å²) in [6.45, 7) is 5.42. The Hall–Kier alpha value is -3.09. The Morgan fingerprint density at radius 3 is 2.69 bits per heavy atom. The number of hydrogen-bond donors (Lipinski definition) is 1. The molecule has 0 fully saturated rings. The number of carbonyl (C=O) groups excluding carboxylic acids is 1. The minimum Gasteiger partial charge on any atom is -0.495 e. The van der Waals surface area contributed by atoms with E-state index in [4.69, 9.17) is 4.74 Å². The molecule has 0 bridgehead atoms. The SMILES string of the molecule is COc1cnccc1C(C)NC(=O)c1cc(F)cc2nc(C)c(C)nc12. The minimum absolute atomic E-state index is 0.149. The highest BCUT2D eigenvalue weighted by molar-refractivity contribution is 6.05. The summed E-state index contributed by atoms with van der Waals surface area (Å²) in [6, 6.07) is 3.86. The Balaban J connectivity index is 1.98. The average molecular weight is 354 g/mol. The molecule has 2 heterocycles. The molecule has 0 aliphatic carbocycles. The number of aryl methyl sites for hydroxylation is 2. The first-order valence-electron chi connectivity index (χ1n) is 8.14. The van der Waals surface area contributed by atoms with Crippen molar-refractivity contribution < 1.29 is 13.9 Å². The van der Waals surface area contributed by atoms with Crippen LogP contribution < -0.4 is 10.1 Å². The highest BCUT2D eigenvalue weighted by atomic mass is 19.1. The average Bonchev–Trinajstić information content (AvgIpc) is 2.62. The van der Waals surface area contributed by atoms with Gasteiger partial charge in [-0.1, -0.05) is 0 Å². The monoisotopic (exact) mass is 354 g/mol. The second kappa shape index (κ2) is 7.03. The molecule has 134 valence electrons. The topological polar surface area (TPSA) is 77.0 Å². The van der Waals surface area contributed by atoms with Gasteiger partial charge < -0.3 is 10.1 Å². The summed E-state index contributed by atoms with van der Waals surface area (Å²) in [6.07, 6.45) is 3.20. The summed E-state index contributed by atoms with van der Waals surface area (Å²) >= 11 is 0. The molecule has 7 heteroatoms. The molecule has 3 rings (SSSR count). The fourth-order valence-corrected chi connectivity index (χ4v) is 2.74. The van der Waals surface area contributed by atoms with Crippen molar-refractivity contribution in [2.24, 2.45) is 0 Å². The van der Waals surface area contributed by atoms with Gasteiger partial charge in [0.15, 0.2) is 0 Å². The number of nitrogens with zero attached hydrogens (tertiary/aromatic N) is 3. The maximum atomic E-state index is 14.0. The summed E-state index contributed by atoms with van der Waals surface area (Å²) in [5.41, 5.74) is 3.05. The third kappa shape index (κ3) is 3.33. The number of pyridine rings is 1. The summed E-state index contributed by atoms with van der Waals surface area (Å²) in [4.78, 5) is 25.5. The number of hydrogen-bond acceptors (Lipinski definition) is 5. The van der Waals surface area contributed by atoms with Crippen molar-refractivity contribution in [1.29, 1.82) is 0 Å². The fraction of sp³-hybridized carbons (Fsp3) is 0.263. The number of amides is 1. The predicted molar refractivity (Wildman–Crippen MR) is 95.6 cm³/mol. The van der Waals surface area contributed by atoms with E-state index in [1.165, 1.54) is 19.2 Å². The first-order valence-corrected chi connectivity index (χ1v) is 8.14. The van der Waals surface area contributed by atoms with Gasteiger partial charge in [-0.05, 0) is 32.9 Å². The smallest absolute Gasteiger partial charge is 0.254 e. The highest BCUT2D eigenvalue weighted by Gasteiger charge is 2.19. The Labute approximate surface area is 150 Å². The second-order valence-corrected chi connectivity index (χ2v) is 6.03. The number of ether oxygens (including phenoxy) is 1. The van der Waals surface area contributed by atoms with Gasteiger partial charge in [-0.15, -0.1) is 0 Å². The molecule has 0 aliphatic rings. The number of halogens is 1. The standard InChI is InChI=1S/C19H19FN4O2/c1-10-11(2)23-18-15(7-13(20)8-16(18)22-10)19(25)24-12(3)14-5-6-21-9-17(14)26-4/h5-9,12H,1-4H3,(H,24,25). The summed E-state index contributed by atoms with van der Waals surface area (Å²) in [5.74, 6) is -0.400. The van der Waals surface area contributed by atoms with Crippen LogP contribution in [0.25, 0.3) is 11.0 Å². The number of fused-ring (bicyclic) bond motifs is 1. The van der Waals surface area contributed by atoms with Gasteiger partial charge in [0.2, 0.25) is 0 Å². The molecule has 6 nitrogen and oxygen atoms in total. The van der Waals surface area contributed by atoms with E-state index in [1.807, 2.05) is 6.92 Å². The van der Waals surface area contributed by atoms with Crippen LogP contribution in [0.1, 0.15) is 40.3 Å². The van der Waals surface area contributed by atoms with E-state index < -0.39 is 11.7 Å². The number of methoxy groups -OCH3 is 1. The molecule has 0 aliphatic heterocycles. The van der Waals surface area contributed by atoms with Crippen molar-refractivity contribution in [3.05, 3.63) is 58.9 Å². The molecular weight excluding hydrogens is 335 g/mol. The number of carbonyl (C=O) groups is 1. The van der Waals surface area contributed by atoms with Crippen LogP contribution in [0.3, 0.4) is 0 Å². The van der Waals surface area contributed by atoms with Crippen LogP contribution in [0.5, 0.6) is 5.75 Å². The molecule has 1 amide bonds. The lowest BCUT2D eigenvalue weighted by atomic mass is 10.1. The molecule has 0 saturated heterocycles. The van der Waals surface area contributed by atoms with Crippen LogP contribution in [-0.2, 0) is 0 Å². The van der Waals surface area contributed by atoms with Gasteiger partial charge in [-0.25, -0.2) is 14.4 Å². The van der Waals surface area contributed by atoms with Crippen LogP contribution in [0.15, 0.2) is 30.6 Å². The first kappa shape index (κ1) is 17.7. The minimum atomic E-state index is -0.533. The number of rotatable bonds is 4. The molecule has 0 spiro atoms. The number of benzene rings is 1. The number of aromatic nitrogens is 3. The molecule has 3 aromatic rings. The molecule has 1 N–H and O–H groups in total.